The van der Waals surface area contributed by atoms with Gasteiger partial charge in [0.1, 0.15) is 11.0 Å². The van der Waals surface area contributed by atoms with Gasteiger partial charge < -0.3 is 0 Å². The van der Waals surface area contributed by atoms with Crippen LogP contribution in [0.1, 0.15) is 18.4 Å². The zero-order chi connectivity index (χ0) is 12.6. The van der Waals surface area contributed by atoms with Crippen LogP contribution in [0.4, 0.5) is 19.0 Å². The molecule has 0 aromatic carbocycles. The minimum atomic E-state index is -4.55. The maximum Gasteiger partial charge on any atom is 0.419 e. The number of alkyl halides is 3. The fraction of sp³-hybridized carbons (Fsp3) is 0.400. The Bertz CT molecular complexity index is 461. The lowest BCUT2D eigenvalue weighted by molar-refractivity contribution is -0.137. The summed E-state index contributed by atoms with van der Waals surface area (Å²) in [5, 5.41) is -0.0623. The molecular weight excluding hydrogens is 257 g/mol. The van der Waals surface area contributed by atoms with E-state index >= 15 is 0 Å². The van der Waals surface area contributed by atoms with Crippen molar-refractivity contribution in [3.8, 4) is 0 Å². The lowest BCUT2D eigenvalue weighted by atomic mass is 10.2. The van der Waals surface area contributed by atoms with E-state index in [0.717, 1.165) is 17.0 Å². The van der Waals surface area contributed by atoms with Crippen molar-refractivity contribution in [2.24, 2.45) is 0 Å². The molecule has 1 aliphatic rings. The average molecular weight is 265 g/mol. The third-order valence-electron chi connectivity index (χ3n) is 2.48. The van der Waals surface area contributed by atoms with Gasteiger partial charge in [-0.1, -0.05) is 11.6 Å². The van der Waals surface area contributed by atoms with Crippen LogP contribution in [0.3, 0.4) is 0 Å². The summed E-state index contributed by atoms with van der Waals surface area (Å²) in [7, 11) is 0. The number of halogens is 4. The molecule has 1 fully saturated rings. The van der Waals surface area contributed by atoms with Crippen molar-refractivity contribution in [2.45, 2.75) is 19.0 Å². The largest absolute Gasteiger partial charge is 0.419 e. The standard InChI is InChI=1S/C10H8ClF3N2O/c11-7-4-3-6(10(12,13)14)9(15-7)16-5-1-2-8(16)17/h3-4H,1-2,5H2. The number of rotatable bonds is 1. The molecule has 17 heavy (non-hydrogen) atoms. The molecule has 0 radical (unpaired) electrons. The van der Waals surface area contributed by atoms with Crippen LogP contribution < -0.4 is 4.90 Å². The number of carbonyl (C=O) groups excluding carboxylic acids is 1. The van der Waals surface area contributed by atoms with Gasteiger partial charge in [0.05, 0.1) is 5.56 Å². The Balaban J connectivity index is 2.50. The van der Waals surface area contributed by atoms with Gasteiger partial charge in [-0.3, -0.25) is 9.69 Å². The van der Waals surface area contributed by atoms with E-state index in [1.54, 1.807) is 0 Å². The topological polar surface area (TPSA) is 33.2 Å². The molecule has 0 atom stereocenters. The number of anilines is 1. The van der Waals surface area contributed by atoms with E-state index in [-0.39, 0.29) is 24.0 Å². The van der Waals surface area contributed by atoms with Crippen LogP contribution in [-0.2, 0) is 11.0 Å². The van der Waals surface area contributed by atoms with Crippen molar-refractivity contribution in [1.29, 1.82) is 0 Å². The van der Waals surface area contributed by atoms with E-state index in [2.05, 4.69) is 4.98 Å². The van der Waals surface area contributed by atoms with Gasteiger partial charge in [-0.05, 0) is 18.6 Å². The molecular formula is C10H8ClF3N2O. The molecule has 0 aliphatic carbocycles. The smallest absolute Gasteiger partial charge is 0.296 e. The minimum Gasteiger partial charge on any atom is -0.296 e. The van der Waals surface area contributed by atoms with Gasteiger partial charge >= 0.3 is 6.18 Å². The fourth-order valence-corrected chi connectivity index (χ4v) is 1.87. The van der Waals surface area contributed by atoms with Gasteiger partial charge in [-0.2, -0.15) is 13.2 Å². The summed E-state index contributed by atoms with van der Waals surface area (Å²) in [4.78, 5) is 16.1. The fourth-order valence-electron chi connectivity index (χ4n) is 1.72. The number of hydrogen-bond acceptors (Lipinski definition) is 2. The van der Waals surface area contributed by atoms with Crippen molar-refractivity contribution < 1.29 is 18.0 Å². The summed E-state index contributed by atoms with van der Waals surface area (Å²) in [6, 6.07) is 1.91. The van der Waals surface area contributed by atoms with Crippen LogP contribution in [-0.4, -0.2) is 17.4 Å². The Labute approximate surface area is 100 Å². The molecule has 0 saturated carbocycles. The third-order valence-corrected chi connectivity index (χ3v) is 2.69. The summed E-state index contributed by atoms with van der Waals surface area (Å²) in [5.41, 5.74) is -0.933. The molecule has 0 bridgehead atoms. The first-order valence-electron chi connectivity index (χ1n) is 4.93. The molecule has 1 aliphatic heterocycles. The van der Waals surface area contributed by atoms with Crippen LogP contribution in [0.2, 0.25) is 5.15 Å². The summed E-state index contributed by atoms with van der Waals surface area (Å²) in [6.07, 6.45) is -3.77. The highest BCUT2D eigenvalue weighted by molar-refractivity contribution is 6.29. The van der Waals surface area contributed by atoms with E-state index in [1.165, 1.54) is 0 Å². The second-order valence-electron chi connectivity index (χ2n) is 3.65. The van der Waals surface area contributed by atoms with Gasteiger partial charge in [0.2, 0.25) is 5.91 Å². The molecule has 1 aromatic heterocycles. The maximum absolute atomic E-state index is 12.7. The summed E-state index contributed by atoms with van der Waals surface area (Å²) < 4.78 is 38.2. The van der Waals surface area contributed by atoms with E-state index in [0.29, 0.717) is 6.42 Å². The van der Waals surface area contributed by atoms with Crippen molar-refractivity contribution in [3.05, 3.63) is 22.8 Å². The lowest BCUT2D eigenvalue weighted by Crippen LogP contribution is -2.27. The zero-order valence-corrected chi connectivity index (χ0v) is 9.35. The third kappa shape index (κ3) is 2.36. The Morgan fingerprint density at radius 3 is 2.59 bits per heavy atom. The SMILES string of the molecule is O=C1CCCN1c1nc(Cl)ccc1C(F)(F)F. The average Bonchev–Trinajstić information content (AvgIpc) is 2.62. The van der Waals surface area contributed by atoms with Crippen LogP contribution in [0.5, 0.6) is 0 Å². The highest BCUT2D eigenvalue weighted by Crippen LogP contribution is 2.37. The number of nitrogens with zero attached hydrogens (tertiary/aromatic N) is 2. The van der Waals surface area contributed by atoms with Gasteiger partial charge in [0.25, 0.3) is 0 Å². The summed E-state index contributed by atoms with van der Waals surface area (Å²) >= 11 is 5.58. The summed E-state index contributed by atoms with van der Waals surface area (Å²) in [6.45, 7) is 0.245. The molecule has 1 aromatic rings. The predicted octanol–water partition coefficient (Wildman–Crippen LogP) is 2.88. The Morgan fingerprint density at radius 1 is 1.35 bits per heavy atom. The van der Waals surface area contributed by atoms with Crippen molar-refractivity contribution >= 4 is 23.3 Å². The maximum atomic E-state index is 12.7. The molecule has 7 heteroatoms. The molecule has 0 unspecified atom stereocenters. The van der Waals surface area contributed by atoms with Gasteiger partial charge in [-0.25, -0.2) is 4.98 Å². The van der Waals surface area contributed by atoms with Crippen LogP contribution in [0, 0.1) is 0 Å². The van der Waals surface area contributed by atoms with Crippen LogP contribution >= 0.6 is 11.6 Å². The molecule has 2 rings (SSSR count). The Morgan fingerprint density at radius 2 is 2.06 bits per heavy atom. The highest BCUT2D eigenvalue weighted by Gasteiger charge is 2.38. The molecule has 92 valence electrons. The first kappa shape index (κ1) is 12.2. The molecule has 1 saturated heterocycles. The Kier molecular flexibility index (Phi) is 2.99. The highest BCUT2D eigenvalue weighted by atomic mass is 35.5. The van der Waals surface area contributed by atoms with E-state index < -0.39 is 17.6 Å². The number of amides is 1. The quantitative estimate of drug-likeness (QED) is 0.731. The zero-order valence-electron chi connectivity index (χ0n) is 8.59. The van der Waals surface area contributed by atoms with Gasteiger partial charge in [0, 0.05) is 13.0 Å². The van der Waals surface area contributed by atoms with Crippen molar-refractivity contribution in [3.63, 3.8) is 0 Å². The predicted molar refractivity (Wildman–Crippen MR) is 55.8 cm³/mol. The van der Waals surface area contributed by atoms with E-state index in [4.69, 9.17) is 11.6 Å². The number of carbonyl (C=O) groups is 1. The summed E-state index contributed by atoms with van der Waals surface area (Å²) in [5.74, 6) is -0.752. The van der Waals surface area contributed by atoms with Gasteiger partial charge in [-0.15, -0.1) is 0 Å². The monoisotopic (exact) mass is 264 g/mol. The molecule has 2 heterocycles. The van der Waals surface area contributed by atoms with Crippen LogP contribution in [0.15, 0.2) is 12.1 Å². The van der Waals surface area contributed by atoms with Crippen LogP contribution in [0.25, 0.3) is 0 Å². The van der Waals surface area contributed by atoms with Gasteiger partial charge in [0.15, 0.2) is 0 Å². The number of hydrogen-bond donors (Lipinski definition) is 0. The minimum absolute atomic E-state index is 0.0623. The second-order valence-corrected chi connectivity index (χ2v) is 4.04. The van der Waals surface area contributed by atoms with E-state index in [9.17, 15) is 18.0 Å². The first-order chi connectivity index (χ1) is 7.89. The second kappa shape index (κ2) is 4.18. The lowest BCUT2D eigenvalue weighted by Gasteiger charge is -2.19. The van der Waals surface area contributed by atoms with Crippen molar-refractivity contribution in [2.75, 3.05) is 11.4 Å². The molecule has 0 N–H and O–H groups in total. The first-order valence-corrected chi connectivity index (χ1v) is 5.31. The number of aromatic nitrogens is 1. The molecule has 0 spiro atoms. The normalized spacial score (nSPS) is 16.7. The van der Waals surface area contributed by atoms with E-state index in [1.807, 2.05) is 0 Å². The van der Waals surface area contributed by atoms with Crippen molar-refractivity contribution in [1.82, 2.24) is 4.98 Å². The molecule has 3 nitrogen and oxygen atoms in total. The molecule has 1 amide bonds. The number of pyridine rings is 1. The Hall–Kier alpha value is -1.30.